The van der Waals surface area contributed by atoms with Gasteiger partial charge >= 0.3 is 0 Å². The van der Waals surface area contributed by atoms with Gasteiger partial charge in [-0.3, -0.25) is 4.68 Å². The summed E-state index contributed by atoms with van der Waals surface area (Å²) >= 11 is 3.71. The summed E-state index contributed by atoms with van der Waals surface area (Å²) in [4.78, 5) is 0. The topological polar surface area (TPSA) is 39.1 Å². The number of aromatic nitrogens is 2. The number of methoxy groups -OCH3 is 1. The van der Waals surface area contributed by atoms with E-state index in [0.29, 0.717) is 12.6 Å². The molecule has 3 unspecified atom stereocenters. The van der Waals surface area contributed by atoms with Crippen LogP contribution >= 0.6 is 15.9 Å². The summed E-state index contributed by atoms with van der Waals surface area (Å²) in [5.74, 6) is 2.78. The highest BCUT2D eigenvalue weighted by molar-refractivity contribution is 9.10. The number of hydrogen-bond donors (Lipinski definition) is 1. The van der Waals surface area contributed by atoms with E-state index in [1.54, 1.807) is 7.11 Å². The first kappa shape index (κ1) is 15.5. The molecule has 0 spiro atoms. The molecule has 1 heterocycles. The fraction of sp³-hybridized carbons (Fsp3) is 0.812. The summed E-state index contributed by atoms with van der Waals surface area (Å²) in [5.41, 5.74) is 1.31. The SMILES string of the molecule is CCCNC(c1c(Br)cnn1CCOC)C1CC2CC2C1. The molecule has 0 bridgehead atoms. The van der Waals surface area contributed by atoms with Crippen molar-refractivity contribution in [2.75, 3.05) is 20.3 Å². The molecule has 0 radical (unpaired) electrons. The van der Waals surface area contributed by atoms with E-state index < -0.39 is 0 Å². The van der Waals surface area contributed by atoms with Crippen LogP contribution < -0.4 is 5.32 Å². The Morgan fingerprint density at radius 1 is 1.43 bits per heavy atom. The molecule has 21 heavy (non-hydrogen) atoms. The molecular weight excluding hydrogens is 330 g/mol. The van der Waals surface area contributed by atoms with Gasteiger partial charge in [-0.05, 0) is 65.9 Å². The largest absolute Gasteiger partial charge is 0.383 e. The monoisotopic (exact) mass is 355 g/mol. The summed E-state index contributed by atoms with van der Waals surface area (Å²) in [7, 11) is 1.75. The van der Waals surface area contributed by atoms with Crippen LogP contribution in [-0.2, 0) is 11.3 Å². The summed E-state index contributed by atoms with van der Waals surface area (Å²) < 4.78 is 8.47. The molecule has 0 aliphatic heterocycles. The maximum absolute atomic E-state index is 5.22. The number of nitrogens with zero attached hydrogens (tertiary/aromatic N) is 2. The van der Waals surface area contributed by atoms with Crippen LogP contribution in [0.2, 0.25) is 0 Å². The van der Waals surface area contributed by atoms with Gasteiger partial charge in [0.25, 0.3) is 0 Å². The summed E-state index contributed by atoms with van der Waals surface area (Å²) in [6.07, 6.45) is 7.34. The predicted octanol–water partition coefficient (Wildman–Crippen LogP) is 3.38. The average Bonchev–Trinajstić information content (AvgIpc) is 2.92. The van der Waals surface area contributed by atoms with Crippen molar-refractivity contribution >= 4 is 15.9 Å². The zero-order chi connectivity index (χ0) is 14.8. The highest BCUT2D eigenvalue weighted by Gasteiger charge is 2.48. The van der Waals surface area contributed by atoms with Crippen molar-refractivity contribution < 1.29 is 4.74 Å². The zero-order valence-corrected chi connectivity index (χ0v) is 14.6. The van der Waals surface area contributed by atoms with E-state index >= 15 is 0 Å². The number of fused-ring (bicyclic) bond motifs is 1. The maximum Gasteiger partial charge on any atom is 0.0699 e. The fourth-order valence-electron chi connectivity index (χ4n) is 3.86. The van der Waals surface area contributed by atoms with Crippen LogP contribution in [0.25, 0.3) is 0 Å². The Bertz CT molecular complexity index is 466. The first-order valence-corrected chi connectivity index (χ1v) is 8.97. The average molecular weight is 356 g/mol. The standard InChI is InChI=1S/C16H26BrN3O/c1-3-4-18-15(13-8-11-7-12(11)9-13)16-14(17)10-19-20(16)5-6-21-2/h10-13,15,18H,3-9H2,1-2H3. The van der Waals surface area contributed by atoms with Crippen molar-refractivity contribution in [3.8, 4) is 0 Å². The van der Waals surface area contributed by atoms with E-state index in [1.807, 2.05) is 6.20 Å². The van der Waals surface area contributed by atoms with Gasteiger partial charge < -0.3 is 10.1 Å². The molecule has 1 aromatic rings. The second-order valence-electron chi connectivity index (χ2n) is 6.51. The number of rotatable bonds is 8. The Hall–Kier alpha value is -0.390. The van der Waals surface area contributed by atoms with E-state index in [4.69, 9.17) is 4.74 Å². The van der Waals surface area contributed by atoms with Crippen molar-refractivity contribution in [3.63, 3.8) is 0 Å². The fourth-order valence-corrected chi connectivity index (χ4v) is 4.40. The van der Waals surface area contributed by atoms with Gasteiger partial charge in [0, 0.05) is 7.11 Å². The van der Waals surface area contributed by atoms with Gasteiger partial charge in [-0.15, -0.1) is 0 Å². The van der Waals surface area contributed by atoms with Gasteiger partial charge in [0.05, 0.1) is 35.6 Å². The first-order chi connectivity index (χ1) is 10.2. The minimum atomic E-state index is 0.423. The van der Waals surface area contributed by atoms with Gasteiger partial charge in [-0.1, -0.05) is 6.92 Å². The Kier molecular flexibility index (Phi) is 5.02. The lowest BCUT2D eigenvalue weighted by Crippen LogP contribution is -2.31. The lowest BCUT2D eigenvalue weighted by atomic mass is 9.92. The zero-order valence-electron chi connectivity index (χ0n) is 13.0. The number of nitrogens with one attached hydrogen (secondary N) is 1. The molecule has 1 aromatic heterocycles. The van der Waals surface area contributed by atoms with Crippen molar-refractivity contribution in [2.24, 2.45) is 17.8 Å². The van der Waals surface area contributed by atoms with E-state index in [1.165, 1.54) is 31.4 Å². The molecule has 2 fully saturated rings. The van der Waals surface area contributed by atoms with Gasteiger partial charge in [0.1, 0.15) is 0 Å². The summed E-state index contributed by atoms with van der Waals surface area (Å²) in [5, 5.41) is 8.31. The molecule has 2 saturated carbocycles. The third kappa shape index (κ3) is 3.35. The number of ether oxygens (including phenoxy) is 1. The highest BCUT2D eigenvalue weighted by atomic mass is 79.9. The quantitative estimate of drug-likeness (QED) is 0.776. The van der Waals surface area contributed by atoms with Gasteiger partial charge in [0.2, 0.25) is 0 Å². The van der Waals surface area contributed by atoms with E-state index in [9.17, 15) is 0 Å². The molecule has 3 atom stereocenters. The molecule has 2 aliphatic rings. The van der Waals surface area contributed by atoms with Crippen LogP contribution in [0.5, 0.6) is 0 Å². The molecule has 3 rings (SSSR count). The van der Waals surface area contributed by atoms with Crippen LogP contribution in [0.4, 0.5) is 0 Å². The number of halogens is 1. The lowest BCUT2D eigenvalue weighted by Gasteiger charge is -2.27. The van der Waals surface area contributed by atoms with Crippen LogP contribution in [-0.4, -0.2) is 30.0 Å². The molecule has 5 heteroatoms. The Morgan fingerprint density at radius 2 is 2.19 bits per heavy atom. The lowest BCUT2D eigenvalue weighted by molar-refractivity contribution is 0.180. The maximum atomic E-state index is 5.22. The first-order valence-electron chi connectivity index (χ1n) is 8.18. The molecule has 0 amide bonds. The van der Waals surface area contributed by atoms with Crippen LogP contribution in [0.1, 0.15) is 44.3 Å². The van der Waals surface area contributed by atoms with Gasteiger partial charge in [0.15, 0.2) is 0 Å². The van der Waals surface area contributed by atoms with Crippen LogP contribution in [0.15, 0.2) is 10.7 Å². The smallest absolute Gasteiger partial charge is 0.0699 e. The van der Waals surface area contributed by atoms with Gasteiger partial charge in [-0.2, -0.15) is 5.10 Å². The molecule has 4 nitrogen and oxygen atoms in total. The number of hydrogen-bond acceptors (Lipinski definition) is 3. The molecule has 118 valence electrons. The minimum Gasteiger partial charge on any atom is -0.383 e. The van der Waals surface area contributed by atoms with Crippen molar-refractivity contribution in [3.05, 3.63) is 16.4 Å². The van der Waals surface area contributed by atoms with E-state index in [0.717, 1.165) is 35.3 Å². The molecular formula is C16H26BrN3O. The molecule has 0 saturated heterocycles. The summed E-state index contributed by atoms with van der Waals surface area (Å²) in [6.45, 7) is 4.82. The van der Waals surface area contributed by atoms with Crippen LogP contribution in [0, 0.1) is 17.8 Å². The van der Waals surface area contributed by atoms with Crippen molar-refractivity contribution in [1.29, 1.82) is 0 Å². The third-order valence-corrected chi connectivity index (χ3v) is 5.61. The van der Waals surface area contributed by atoms with E-state index in [-0.39, 0.29) is 0 Å². The molecule has 2 aliphatic carbocycles. The van der Waals surface area contributed by atoms with Gasteiger partial charge in [-0.25, -0.2) is 0 Å². The third-order valence-electron chi connectivity index (χ3n) is 5.00. The van der Waals surface area contributed by atoms with Crippen LogP contribution in [0.3, 0.4) is 0 Å². The predicted molar refractivity (Wildman–Crippen MR) is 87.2 cm³/mol. The second-order valence-corrected chi connectivity index (χ2v) is 7.37. The second kappa shape index (κ2) is 6.80. The van der Waals surface area contributed by atoms with Crippen molar-refractivity contribution in [2.45, 2.75) is 45.2 Å². The van der Waals surface area contributed by atoms with E-state index in [2.05, 4.69) is 38.0 Å². The Morgan fingerprint density at radius 3 is 2.86 bits per heavy atom. The molecule has 0 aromatic carbocycles. The Labute approximate surface area is 135 Å². The minimum absolute atomic E-state index is 0.423. The van der Waals surface area contributed by atoms with Crippen molar-refractivity contribution in [1.82, 2.24) is 15.1 Å². The Balaban J connectivity index is 1.79. The normalized spacial score (nSPS) is 28.6. The summed E-state index contributed by atoms with van der Waals surface area (Å²) in [6, 6.07) is 0.423. The highest BCUT2D eigenvalue weighted by Crippen LogP contribution is 2.57. The molecule has 1 N–H and O–H groups in total.